The van der Waals surface area contributed by atoms with Gasteiger partial charge in [0.15, 0.2) is 0 Å². The molecule has 1 aliphatic rings. The monoisotopic (exact) mass is 310 g/mol. The second-order valence-electron chi connectivity index (χ2n) is 5.56. The van der Waals surface area contributed by atoms with E-state index in [2.05, 4.69) is 26.9 Å². The summed E-state index contributed by atoms with van der Waals surface area (Å²) < 4.78 is 2.15. The number of nitrogens with zero attached hydrogens (tertiary/aromatic N) is 3. The lowest BCUT2D eigenvalue weighted by Crippen LogP contribution is -2.15. The van der Waals surface area contributed by atoms with Crippen LogP contribution in [0.25, 0.3) is 5.69 Å². The van der Waals surface area contributed by atoms with Crippen LogP contribution in [0.3, 0.4) is 0 Å². The van der Waals surface area contributed by atoms with Crippen molar-refractivity contribution < 1.29 is 0 Å². The Morgan fingerprint density at radius 1 is 1.09 bits per heavy atom. The molecule has 2 heterocycles. The van der Waals surface area contributed by atoms with E-state index in [1.165, 1.54) is 5.56 Å². The predicted molar refractivity (Wildman–Crippen MR) is 87.4 cm³/mol. The summed E-state index contributed by atoms with van der Waals surface area (Å²) in [6.45, 7) is 0. The molecule has 4 rings (SSSR count). The number of anilines is 1. The molecule has 4 nitrogen and oxygen atoms in total. The quantitative estimate of drug-likeness (QED) is 0.740. The van der Waals surface area contributed by atoms with Gasteiger partial charge in [-0.3, -0.25) is 4.57 Å². The van der Waals surface area contributed by atoms with Gasteiger partial charge < -0.3 is 5.73 Å². The molecule has 1 aliphatic heterocycles. The van der Waals surface area contributed by atoms with Gasteiger partial charge in [-0.25, -0.2) is 0 Å². The number of rotatable bonds is 2. The predicted octanol–water partition coefficient (Wildman–Crippen LogP) is 3.19. The Balaban J connectivity index is 1.78. The van der Waals surface area contributed by atoms with Crippen LogP contribution in [0.15, 0.2) is 42.5 Å². The molecule has 0 unspecified atom stereocenters. The van der Waals surface area contributed by atoms with Crippen molar-refractivity contribution in [1.29, 1.82) is 0 Å². The molecule has 0 radical (unpaired) electrons. The fourth-order valence-corrected chi connectivity index (χ4v) is 3.22. The van der Waals surface area contributed by atoms with Gasteiger partial charge in [0.05, 0.1) is 5.69 Å². The van der Waals surface area contributed by atoms with Gasteiger partial charge in [-0.2, -0.15) is 0 Å². The number of aromatic nitrogens is 3. The summed E-state index contributed by atoms with van der Waals surface area (Å²) in [5, 5.41) is 9.47. The number of nitrogen functional groups attached to an aromatic ring is 1. The SMILES string of the molecule is Nc1ccc2c(c1)CCc1nnc(Cc3cccc(Cl)c3)n1-2. The third kappa shape index (κ3) is 2.25. The average Bonchev–Trinajstić information content (AvgIpc) is 2.90. The van der Waals surface area contributed by atoms with Crippen LogP contribution in [-0.2, 0) is 19.3 Å². The van der Waals surface area contributed by atoms with E-state index in [4.69, 9.17) is 17.3 Å². The van der Waals surface area contributed by atoms with Crippen LogP contribution >= 0.6 is 11.6 Å². The summed E-state index contributed by atoms with van der Waals surface area (Å²) in [6.07, 6.45) is 2.55. The number of hydrogen-bond donors (Lipinski definition) is 1. The molecule has 0 atom stereocenters. The van der Waals surface area contributed by atoms with Crippen LogP contribution < -0.4 is 5.73 Å². The molecule has 1 aromatic heterocycles. The maximum atomic E-state index is 6.07. The van der Waals surface area contributed by atoms with E-state index in [9.17, 15) is 0 Å². The fraction of sp³-hybridized carbons (Fsp3) is 0.176. The first kappa shape index (κ1) is 13.3. The Kier molecular flexibility index (Phi) is 3.12. The van der Waals surface area contributed by atoms with Crippen molar-refractivity contribution >= 4 is 17.3 Å². The van der Waals surface area contributed by atoms with Crippen molar-refractivity contribution in [3.63, 3.8) is 0 Å². The van der Waals surface area contributed by atoms with Crippen molar-refractivity contribution in [1.82, 2.24) is 14.8 Å². The zero-order valence-corrected chi connectivity index (χ0v) is 12.7. The number of halogens is 1. The highest BCUT2D eigenvalue weighted by Gasteiger charge is 2.21. The van der Waals surface area contributed by atoms with E-state index in [0.717, 1.165) is 46.5 Å². The van der Waals surface area contributed by atoms with E-state index in [1.54, 1.807) is 0 Å². The van der Waals surface area contributed by atoms with Crippen LogP contribution in [0.4, 0.5) is 5.69 Å². The zero-order valence-electron chi connectivity index (χ0n) is 12.0. The maximum Gasteiger partial charge on any atom is 0.142 e. The van der Waals surface area contributed by atoms with E-state index in [0.29, 0.717) is 6.42 Å². The number of hydrogen-bond acceptors (Lipinski definition) is 3. The molecule has 3 aromatic rings. The minimum atomic E-state index is 0.706. The van der Waals surface area contributed by atoms with Crippen molar-refractivity contribution in [2.24, 2.45) is 0 Å². The Morgan fingerprint density at radius 3 is 2.86 bits per heavy atom. The van der Waals surface area contributed by atoms with Gasteiger partial charge in [-0.05, 0) is 47.9 Å². The highest BCUT2D eigenvalue weighted by Crippen LogP contribution is 2.27. The standard InChI is InChI=1S/C17H15ClN4/c18-13-3-1-2-11(8-13)9-17-21-20-16-7-4-12-10-14(19)5-6-15(12)22(16)17/h1-3,5-6,8,10H,4,7,9,19H2. The molecule has 0 bridgehead atoms. The van der Waals surface area contributed by atoms with Gasteiger partial charge >= 0.3 is 0 Å². The molecular weight excluding hydrogens is 296 g/mol. The topological polar surface area (TPSA) is 56.7 Å². The molecule has 0 saturated heterocycles. The van der Waals surface area contributed by atoms with Gasteiger partial charge in [-0.1, -0.05) is 23.7 Å². The van der Waals surface area contributed by atoms with Crippen LogP contribution in [0, 0.1) is 0 Å². The first-order valence-electron chi connectivity index (χ1n) is 7.27. The second-order valence-corrected chi connectivity index (χ2v) is 6.00. The first-order chi connectivity index (χ1) is 10.7. The summed E-state index contributed by atoms with van der Waals surface area (Å²) in [7, 11) is 0. The molecule has 0 spiro atoms. The van der Waals surface area contributed by atoms with Gasteiger partial charge in [0.1, 0.15) is 11.6 Å². The van der Waals surface area contributed by atoms with Crippen molar-refractivity contribution in [3.05, 3.63) is 70.3 Å². The van der Waals surface area contributed by atoms with Crippen LogP contribution in [-0.4, -0.2) is 14.8 Å². The summed E-state index contributed by atoms with van der Waals surface area (Å²) in [5.74, 6) is 1.94. The van der Waals surface area contributed by atoms with Crippen LogP contribution in [0.2, 0.25) is 5.02 Å². The maximum absolute atomic E-state index is 6.07. The summed E-state index contributed by atoms with van der Waals surface area (Å²) in [4.78, 5) is 0. The summed E-state index contributed by atoms with van der Waals surface area (Å²) in [6, 6.07) is 13.9. The molecule has 2 N–H and O–H groups in total. The lowest BCUT2D eigenvalue weighted by molar-refractivity contribution is 0.760. The lowest BCUT2D eigenvalue weighted by Gasteiger charge is -2.19. The highest BCUT2D eigenvalue weighted by atomic mass is 35.5. The third-order valence-corrected chi connectivity index (χ3v) is 4.25. The number of nitrogens with two attached hydrogens (primary N) is 1. The molecule has 0 fully saturated rings. The van der Waals surface area contributed by atoms with Gasteiger partial charge in [0.25, 0.3) is 0 Å². The fourth-order valence-electron chi connectivity index (χ4n) is 3.01. The highest BCUT2D eigenvalue weighted by molar-refractivity contribution is 6.30. The lowest BCUT2D eigenvalue weighted by atomic mass is 10.0. The van der Waals surface area contributed by atoms with Gasteiger partial charge in [0, 0.05) is 23.6 Å². The van der Waals surface area contributed by atoms with Crippen LogP contribution in [0.1, 0.15) is 22.8 Å². The minimum absolute atomic E-state index is 0.706. The minimum Gasteiger partial charge on any atom is -0.399 e. The Hall–Kier alpha value is -2.33. The number of benzene rings is 2. The molecule has 0 amide bonds. The normalized spacial score (nSPS) is 12.8. The number of fused-ring (bicyclic) bond motifs is 3. The van der Waals surface area contributed by atoms with Crippen LogP contribution in [0.5, 0.6) is 0 Å². The molecule has 110 valence electrons. The molecule has 2 aromatic carbocycles. The summed E-state index contributed by atoms with van der Waals surface area (Å²) >= 11 is 6.07. The molecule has 5 heteroatoms. The zero-order chi connectivity index (χ0) is 15.1. The average molecular weight is 311 g/mol. The Morgan fingerprint density at radius 2 is 2.00 bits per heavy atom. The molecular formula is C17H15ClN4. The van der Waals surface area contributed by atoms with E-state index in [1.807, 2.05) is 30.3 Å². The second kappa shape index (κ2) is 5.14. The number of aryl methyl sites for hydroxylation is 2. The smallest absolute Gasteiger partial charge is 0.142 e. The largest absolute Gasteiger partial charge is 0.399 e. The van der Waals surface area contributed by atoms with E-state index >= 15 is 0 Å². The molecule has 0 aliphatic carbocycles. The first-order valence-corrected chi connectivity index (χ1v) is 7.65. The van der Waals surface area contributed by atoms with Crippen molar-refractivity contribution in [2.75, 3.05) is 5.73 Å². The van der Waals surface area contributed by atoms with Gasteiger partial charge in [0.2, 0.25) is 0 Å². The van der Waals surface area contributed by atoms with Gasteiger partial charge in [-0.15, -0.1) is 10.2 Å². The van der Waals surface area contributed by atoms with E-state index < -0.39 is 0 Å². The summed E-state index contributed by atoms with van der Waals surface area (Å²) in [5.41, 5.74) is 10.2. The Labute approximate surface area is 133 Å². The third-order valence-electron chi connectivity index (χ3n) is 4.01. The Bertz CT molecular complexity index is 854. The van der Waals surface area contributed by atoms with Crippen molar-refractivity contribution in [3.8, 4) is 5.69 Å². The molecule has 0 saturated carbocycles. The molecule has 22 heavy (non-hydrogen) atoms. The van der Waals surface area contributed by atoms with Crippen molar-refractivity contribution in [2.45, 2.75) is 19.3 Å². The van der Waals surface area contributed by atoms with E-state index in [-0.39, 0.29) is 0 Å².